The lowest BCUT2D eigenvalue weighted by Crippen LogP contribution is -2.40. The first-order chi connectivity index (χ1) is 11.5. The standard InChI is InChI=1S/C16H14N2O6/c1-23-9-3-4-10(24-2)14-13(9)15(21)18(16(14)22)8-7-17-11(19)5-6-12(17)20/h3-6H,7-8H2,1-2H3. The maximum Gasteiger partial charge on any atom is 0.265 e. The van der Waals surface area contributed by atoms with Gasteiger partial charge in [-0.25, -0.2) is 0 Å². The minimum Gasteiger partial charge on any atom is -0.496 e. The first-order valence-electron chi connectivity index (χ1n) is 7.14. The number of fused-ring (bicyclic) bond motifs is 1. The van der Waals surface area contributed by atoms with Crippen LogP contribution in [0, 0.1) is 0 Å². The topological polar surface area (TPSA) is 93.2 Å². The molecule has 0 atom stereocenters. The second-order valence-electron chi connectivity index (χ2n) is 5.14. The minimum atomic E-state index is -0.544. The highest BCUT2D eigenvalue weighted by molar-refractivity contribution is 6.24. The van der Waals surface area contributed by atoms with Crippen molar-refractivity contribution in [3.63, 3.8) is 0 Å². The Morgan fingerprint density at radius 1 is 0.750 bits per heavy atom. The molecule has 8 nitrogen and oxygen atoms in total. The molecular weight excluding hydrogens is 316 g/mol. The summed E-state index contributed by atoms with van der Waals surface area (Å²) in [6, 6.07) is 3.09. The van der Waals surface area contributed by atoms with Crippen LogP contribution in [0.2, 0.25) is 0 Å². The van der Waals surface area contributed by atoms with Gasteiger partial charge < -0.3 is 9.47 Å². The third kappa shape index (κ3) is 2.23. The Balaban J connectivity index is 1.87. The summed E-state index contributed by atoms with van der Waals surface area (Å²) in [6.07, 6.45) is 2.30. The molecule has 2 heterocycles. The quantitative estimate of drug-likeness (QED) is 0.717. The fourth-order valence-electron chi connectivity index (χ4n) is 2.75. The van der Waals surface area contributed by atoms with Crippen LogP contribution in [0.1, 0.15) is 20.7 Å². The van der Waals surface area contributed by atoms with Crippen molar-refractivity contribution < 1.29 is 28.7 Å². The Morgan fingerprint density at radius 3 is 1.58 bits per heavy atom. The normalized spacial score (nSPS) is 16.2. The van der Waals surface area contributed by atoms with Gasteiger partial charge >= 0.3 is 0 Å². The van der Waals surface area contributed by atoms with Crippen LogP contribution in [-0.4, -0.2) is 60.7 Å². The maximum absolute atomic E-state index is 12.6. The van der Waals surface area contributed by atoms with Crippen molar-refractivity contribution in [1.82, 2.24) is 9.80 Å². The zero-order valence-electron chi connectivity index (χ0n) is 13.1. The fourth-order valence-corrected chi connectivity index (χ4v) is 2.75. The number of carbonyl (C=O) groups is 4. The van der Waals surface area contributed by atoms with E-state index < -0.39 is 23.6 Å². The molecule has 0 unspecified atom stereocenters. The highest BCUT2D eigenvalue weighted by Gasteiger charge is 2.41. The molecule has 0 radical (unpaired) electrons. The molecule has 8 heteroatoms. The number of imide groups is 2. The van der Waals surface area contributed by atoms with E-state index >= 15 is 0 Å². The molecule has 2 aliphatic rings. The molecule has 3 rings (SSSR count). The molecule has 0 saturated heterocycles. The van der Waals surface area contributed by atoms with Gasteiger partial charge in [0.25, 0.3) is 23.6 Å². The van der Waals surface area contributed by atoms with Gasteiger partial charge in [0.1, 0.15) is 11.5 Å². The fraction of sp³-hybridized carbons (Fsp3) is 0.250. The van der Waals surface area contributed by atoms with Gasteiger partial charge in [-0.2, -0.15) is 0 Å². The van der Waals surface area contributed by atoms with Gasteiger partial charge in [-0.1, -0.05) is 0 Å². The van der Waals surface area contributed by atoms with E-state index in [1.165, 1.54) is 14.2 Å². The molecule has 0 aromatic heterocycles. The number of carbonyl (C=O) groups excluding carboxylic acids is 4. The zero-order chi connectivity index (χ0) is 17.4. The predicted molar refractivity (Wildman–Crippen MR) is 80.8 cm³/mol. The largest absolute Gasteiger partial charge is 0.496 e. The average Bonchev–Trinajstić information content (AvgIpc) is 3.03. The van der Waals surface area contributed by atoms with Gasteiger partial charge in [-0.3, -0.25) is 29.0 Å². The van der Waals surface area contributed by atoms with Gasteiger partial charge in [-0.05, 0) is 12.1 Å². The van der Waals surface area contributed by atoms with Crippen LogP contribution in [0.15, 0.2) is 24.3 Å². The highest BCUT2D eigenvalue weighted by Crippen LogP contribution is 2.37. The first-order valence-corrected chi connectivity index (χ1v) is 7.14. The third-order valence-electron chi connectivity index (χ3n) is 3.93. The lowest BCUT2D eigenvalue weighted by molar-refractivity contribution is -0.136. The van der Waals surface area contributed by atoms with Crippen LogP contribution in [0.3, 0.4) is 0 Å². The van der Waals surface area contributed by atoms with Crippen molar-refractivity contribution in [3.8, 4) is 11.5 Å². The Kier molecular flexibility index (Phi) is 3.80. The Morgan fingerprint density at radius 2 is 1.17 bits per heavy atom. The smallest absolute Gasteiger partial charge is 0.265 e. The Labute approximate surface area is 137 Å². The van der Waals surface area contributed by atoms with E-state index in [2.05, 4.69) is 0 Å². The number of hydrogen-bond donors (Lipinski definition) is 0. The summed E-state index contributed by atoms with van der Waals surface area (Å²) < 4.78 is 10.3. The van der Waals surface area contributed by atoms with Crippen LogP contribution in [0.25, 0.3) is 0 Å². The molecule has 0 spiro atoms. The van der Waals surface area contributed by atoms with Crippen molar-refractivity contribution in [2.45, 2.75) is 0 Å². The molecule has 4 amide bonds. The van der Waals surface area contributed by atoms with Crippen molar-refractivity contribution in [3.05, 3.63) is 35.4 Å². The lowest BCUT2D eigenvalue weighted by atomic mass is 10.1. The number of amides is 4. The van der Waals surface area contributed by atoms with Crippen LogP contribution >= 0.6 is 0 Å². The first kappa shape index (κ1) is 15.7. The summed E-state index contributed by atoms with van der Waals surface area (Å²) in [5.74, 6) is -1.49. The third-order valence-corrected chi connectivity index (χ3v) is 3.93. The molecule has 24 heavy (non-hydrogen) atoms. The van der Waals surface area contributed by atoms with E-state index in [1.54, 1.807) is 12.1 Å². The molecule has 0 N–H and O–H groups in total. The number of benzene rings is 1. The second-order valence-corrected chi connectivity index (χ2v) is 5.14. The number of nitrogens with zero attached hydrogens (tertiary/aromatic N) is 2. The van der Waals surface area contributed by atoms with E-state index in [1.807, 2.05) is 0 Å². The molecule has 2 aliphatic heterocycles. The van der Waals surface area contributed by atoms with Crippen LogP contribution in [0.5, 0.6) is 11.5 Å². The summed E-state index contributed by atoms with van der Waals surface area (Å²) in [5, 5.41) is 0. The van der Waals surface area contributed by atoms with Crippen LogP contribution in [0.4, 0.5) is 0 Å². The average molecular weight is 330 g/mol. The molecule has 0 fully saturated rings. The summed E-state index contributed by atoms with van der Waals surface area (Å²) in [5.41, 5.74) is 0.248. The van der Waals surface area contributed by atoms with Crippen molar-refractivity contribution in [2.75, 3.05) is 27.3 Å². The molecule has 0 saturated carbocycles. The monoisotopic (exact) mass is 330 g/mol. The van der Waals surface area contributed by atoms with Gasteiger partial charge in [0.2, 0.25) is 0 Å². The summed E-state index contributed by atoms with van der Waals surface area (Å²) in [6.45, 7) is -0.168. The molecule has 0 bridgehead atoms. The Hall–Kier alpha value is -3.16. The molecular formula is C16H14N2O6. The van der Waals surface area contributed by atoms with Crippen molar-refractivity contribution >= 4 is 23.6 Å². The van der Waals surface area contributed by atoms with Crippen LogP contribution < -0.4 is 9.47 Å². The Bertz CT molecular complexity index is 737. The van der Waals surface area contributed by atoms with Gasteiger partial charge in [-0.15, -0.1) is 0 Å². The van der Waals surface area contributed by atoms with E-state index in [0.717, 1.165) is 22.0 Å². The second kappa shape index (κ2) is 5.80. The SMILES string of the molecule is COc1ccc(OC)c2c1C(=O)N(CCN1C(=O)C=CC1=O)C2=O. The summed E-state index contributed by atoms with van der Waals surface area (Å²) in [7, 11) is 2.80. The predicted octanol–water partition coefficient (Wildman–Crippen LogP) is 0.225. The van der Waals surface area contributed by atoms with Crippen LogP contribution in [-0.2, 0) is 9.59 Å². The number of rotatable bonds is 5. The van der Waals surface area contributed by atoms with E-state index in [-0.39, 0.29) is 35.7 Å². The minimum absolute atomic E-state index is 0.0687. The maximum atomic E-state index is 12.6. The summed E-state index contributed by atoms with van der Waals surface area (Å²) >= 11 is 0. The van der Waals surface area contributed by atoms with Gasteiger partial charge in [0.05, 0.1) is 25.3 Å². The zero-order valence-corrected chi connectivity index (χ0v) is 13.1. The van der Waals surface area contributed by atoms with Gasteiger partial charge in [0.15, 0.2) is 0 Å². The molecule has 1 aromatic rings. The lowest BCUT2D eigenvalue weighted by Gasteiger charge is -2.18. The number of hydrogen-bond acceptors (Lipinski definition) is 6. The van der Waals surface area contributed by atoms with E-state index in [4.69, 9.17) is 9.47 Å². The molecule has 0 aliphatic carbocycles. The van der Waals surface area contributed by atoms with Gasteiger partial charge in [0, 0.05) is 25.2 Å². The molecule has 1 aromatic carbocycles. The van der Waals surface area contributed by atoms with Crippen molar-refractivity contribution in [2.24, 2.45) is 0 Å². The number of methoxy groups -OCH3 is 2. The van der Waals surface area contributed by atoms with Crippen molar-refractivity contribution in [1.29, 1.82) is 0 Å². The highest BCUT2D eigenvalue weighted by atomic mass is 16.5. The van der Waals surface area contributed by atoms with E-state index in [0.29, 0.717) is 0 Å². The molecule has 124 valence electrons. The number of ether oxygens (including phenoxy) is 2. The van der Waals surface area contributed by atoms with E-state index in [9.17, 15) is 19.2 Å². The summed E-state index contributed by atoms with van der Waals surface area (Å²) in [4.78, 5) is 50.3.